The zero-order chi connectivity index (χ0) is 18.4. The fourth-order valence-corrected chi connectivity index (χ4v) is 4.62. The number of hydrogen-bond donors (Lipinski definition) is 2. The van der Waals surface area contributed by atoms with Crippen LogP contribution in [0.5, 0.6) is 0 Å². The van der Waals surface area contributed by atoms with Crippen molar-refractivity contribution in [1.82, 2.24) is 14.5 Å². The zero-order valence-corrected chi connectivity index (χ0v) is 15.3. The standard InChI is InChI=1S/C19H26N4O3/c1-10-4-3-5-13(10)23-14(24)8-11(2)16-17(21-19(20)22-18(16)23)12-6-7-26-15(25)9-12/h8,10,12-13,15,25H,3-7,9H2,1-2H3,(H2,20,21,22)/t10-,12?,13+,15?/m0/s1. The van der Waals surface area contributed by atoms with Crippen LogP contribution >= 0.6 is 0 Å². The normalized spacial score (nSPS) is 29.3. The highest BCUT2D eigenvalue weighted by Crippen LogP contribution is 2.38. The lowest BCUT2D eigenvalue weighted by Gasteiger charge is -2.28. The Morgan fingerprint density at radius 3 is 2.81 bits per heavy atom. The number of anilines is 1. The summed E-state index contributed by atoms with van der Waals surface area (Å²) in [5, 5.41) is 10.8. The fraction of sp³-hybridized carbons (Fsp3) is 0.632. The number of aromatic nitrogens is 3. The zero-order valence-electron chi connectivity index (χ0n) is 15.3. The van der Waals surface area contributed by atoms with E-state index in [1.54, 1.807) is 6.07 Å². The molecule has 3 N–H and O–H groups in total. The van der Waals surface area contributed by atoms with Crippen molar-refractivity contribution in [3.05, 3.63) is 27.7 Å². The summed E-state index contributed by atoms with van der Waals surface area (Å²) >= 11 is 0. The molecular weight excluding hydrogens is 332 g/mol. The Morgan fingerprint density at radius 1 is 1.31 bits per heavy atom. The maximum absolute atomic E-state index is 12.8. The lowest BCUT2D eigenvalue weighted by molar-refractivity contribution is -0.129. The van der Waals surface area contributed by atoms with Crippen LogP contribution in [-0.2, 0) is 4.74 Å². The Hall–Kier alpha value is -1.99. The molecule has 0 spiro atoms. The highest BCUT2D eigenvalue weighted by Gasteiger charge is 2.31. The highest BCUT2D eigenvalue weighted by atomic mass is 16.6. The molecule has 2 aliphatic rings. The number of nitrogen functional groups attached to an aromatic ring is 1. The summed E-state index contributed by atoms with van der Waals surface area (Å²) in [7, 11) is 0. The van der Waals surface area contributed by atoms with Crippen LogP contribution in [0.2, 0.25) is 0 Å². The van der Waals surface area contributed by atoms with Gasteiger partial charge in [0.15, 0.2) is 6.29 Å². The number of nitrogens with two attached hydrogens (primary N) is 1. The van der Waals surface area contributed by atoms with Crippen molar-refractivity contribution in [1.29, 1.82) is 0 Å². The maximum Gasteiger partial charge on any atom is 0.252 e. The second kappa shape index (κ2) is 6.63. The monoisotopic (exact) mass is 358 g/mol. The summed E-state index contributed by atoms with van der Waals surface area (Å²) in [5.74, 6) is 0.651. The van der Waals surface area contributed by atoms with Crippen molar-refractivity contribution in [2.24, 2.45) is 5.92 Å². The molecule has 2 unspecified atom stereocenters. The van der Waals surface area contributed by atoms with Gasteiger partial charge < -0.3 is 15.6 Å². The molecule has 0 amide bonds. The third-order valence-corrected chi connectivity index (χ3v) is 5.93. The molecular formula is C19H26N4O3. The van der Waals surface area contributed by atoms with Crippen molar-refractivity contribution in [2.75, 3.05) is 12.3 Å². The van der Waals surface area contributed by atoms with Gasteiger partial charge in [-0.15, -0.1) is 0 Å². The molecule has 0 aromatic carbocycles. The molecule has 2 fully saturated rings. The van der Waals surface area contributed by atoms with Gasteiger partial charge in [-0.05, 0) is 37.7 Å². The molecule has 3 heterocycles. The molecule has 26 heavy (non-hydrogen) atoms. The molecule has 1 aliphatic heterocycles. The van der Waals surface area contributed by atoms with E-state index in [1.165, 1.54) is 0 Å². The number of hydrogen-bond acceptors (Lipinski definition) is 6. The number of aliphatic hydroxyl groups is 1. The first-order valence-corrected chi connectivity index (χ1v) is 9.44. The van der Waals surface area contributed by atoms with E-state index in [-0.39, 0.29) is 23.5 Å². The van der Waals surface area contributed by atoms with Crippen LogP contribution in [0, 0.1) is 12.8 Å². The molecule has 0 bridgehead atoms. The first-order valence-electron chi connectivity index (χ1n) is 9.44. The van der Waals surface area contributed by atoms with Gasteiger partial charge in [0.25, 0.3) is 5.56 Å². The lowest BCUT2D eigenvalue weighted by Crippen LogP contribution is -2.29. The molecule has 2 aromatic heterocycles. The van der Waals surface area contributed by atoms with Crippen LogP contribution in [0.15, 0.2) is 10.9 Å². The van der Waals surface area contributed by atoms with Crippen LogP contribution in [-0.4, -0.2) is 32.5 Å². The van der Waals surface area contributed by atoms with E-state index in [0.717, 1.165) is 42.3 Å². The summed E-state index contributed by atoms with van der Waals surface area (Å²) < 4.78 is 7.10. The largest absolute Gasteiger partial charge is 0.368 e. The molecule has 0 radical (unpaired) electrons. The molecule has 7 heteroatoms. The van der Waals surface area contributed by atoms with Crippen molar-refractivity contribution >= 4 is 17.0 Å². The number of rotatable bonds is 2. The van der Waals surface area contributed by atoms with Gasteiger partial charge >= 0.3 is 0 Å². The minimum atomic E-state index is -0.791. The van der Waals surface area contributed by atoms with Gasteiger partial charge in [0.2, 0.25) is 5.95 Å². The third-order valence-electron chi connectivity index (χ3n) is 5.93. The fourth-order valence-electron chi connectivity index (χ4n) is 4.62. The molecule has 7 nitrogen and oxygen atoms in total. The van der Waals surface area contributed by atoms with E-state index in [9.17, 15) is 9.90 Å². The van der Waals surface area contributed by atoms with Crippen molar-refractivity contribution in [3.8, 4) is 0 Å². The summed E-state index contributed by atoms with van der Waals surface area (Å²) in [6.07, 6.45) is 3.67. The van der Waals surface area contributed by atoms with E-state index in [1.807, 2.05) is 11.5 Å². The molecule has 1 saturated carbocycles. The van der Waals surface area contributed by atoms with Crippen LogP contribution in [0.1, 0.15) is 62.2 Å². The van der Waals surface area contributed by atoms with Crippen LogP contribution < -0.4 is 11.3 Å². The van der Waals surface area contributed by atoms with Crippen LogP contribution in [0.3, 0.4) is 0 Å². The number of pyridine rings is 1. The first-order chi connectivity index (χ1) is 12.5. The SMILES string of the molecule is Cc1cc(=O)n([C@@H]2CCC[C@@H]2C)c2nc(N)nc(C3CCOC(O)C3)c12. The number of aryl methyl sites for hydroxylation is 1. The van der Waals surface area contributed by atoms with Crippen LogP contribution in [0.4, 0.5) is 5.95 Å². The topological polar surface area (TPSA) is 103 Å². The summed E-state index contributed by atoms with van der Waals surface area (Å²) in [5.41, 5.74) is 8.34. The Morgan fingerprint density at radius 2 is 2.12 bits per heavy atom. The Labute approximate surface area is 152 Å². The van der Waals surface area contributed by atoms with Crippen molar-refractivity contribution in [2.45, 2.75) is 64.2 Å². The van der Waals surface area contributed by atoms with E-state index in [0.29, 0.717) is 24.6 Å². The number of ether oxygens (including phenoxy) is 1. The molecule has 140 valence electrons. The number of aliphatic hydroxyl groups excluding tert-OH is 1. The van der Waals surface area contributed by atoms with Gasteiger partial charge in [-0.25, -0.2) is 4.98 Å². The van der Waals surface area contributed by atoms with E-state index in [2.05, 4.69) is 16.9 Å². The predicted molar refractivity (Wildman–Crippen MR) is 98.9 cm³/mol. The van der Waals surface area contributed by atoms with Gasteiger partial charge in [-0.2, -0.15) is 4.98 Å². The predicted octanol–water partition coefficient (Wildman–Crippen LogP) is 2.26. The Balaban J connectivity index is 1.96. The smallest absolute Gasteiger partial charge is 0.252 e. The number of fused-ring (bicyclic) bond motifs is 1. The highest BCUT2D eigenvalue weighted by molar-refractivity contribution is 5.83. The second-order valence-electron chi connectivity index (χ2n) is 7.72. The molecule has 1 saturated heterocycles. The quantitative estimate of drug-likeness (QED) is 0.853. The number of nitrogens with zero attached hydrogens (tertiary/aromatic N) is 3. The average molecular weight is 358 g/mol. The van der Waals surface area contributed by atoms with Gasteiger partial charge in [-0.1, -0.05) is 13.3 Å². The Kier molecular flexibility index (Phi) is 4.44. The van der Waals surface area contributed by atoms with Gasteiger partial charge in [0, 0.05) is 29.8 Å². The van der Waals surface area contributed by atoms with Crippen LogP contribution in [0.25, 0.3) is 11.0 Å². The van der Waals surface area contributed by atoms with Crippen molar-refractivity contribution in [3.63, 3.8) is 0 Å². The van der Waals surface area contributed by atoms with E-state index < -0.39 is 6.29 Å². The summed E-state index contributed by atoms with van der Waals surface area (Å²) in [6, 6.07) is 1.83. The molecule has 2 aromatic rings. The molecule has 4 rings (SSSR count). The van der Waals surface area contributed by atoms with Gasteiger partial charge in [0.05, 0.1) is 12.3 Å². The Bertz CT molecular complexity index is 894. The molecule has 1 aliphatic carbocycles. The van der Waals surface area contributed by atoms with Crippen molar-refractivity contribution < 1.29 is 9.84 Å². The molecule has 4 atom stereocenters. The van der Waals surface area contributed by atoms with Gasteiger partial charge in [-0.3, -0.25) is 9.36 Å². The third kappa shape index (κ3) is 2.89. The minimum Gasteiger partial charge on any atom is -0.368 e. The summed E-state index contributed by atoms with van der Waals surface area (Å²) in [4.78, 5) is 21.8. The van der Waals surface area contributed by atoms with Gasteiger partial charge in [0.1, 0.15) is 5.65 Å². The second-order valence-corrected chi connectivity index (χ2v) is 7.72. The summed E-state index contributed by atoms with van der Waals surface area (Å²) in [6.45, 7) is 4.59. The first kappa shape index (κ1) is 17.4. The van der Waals surface area contributed by atoms with E-state index in [4.69, 9.17) is 10.5 Å². The average Bonchev–Trinajstić information content (AvgIpc) is 2.99. The lowest BCUT2D eigenvalue weighted by atomic mass is 9.91. The maximum atomic E-state index is 12.8. The minimum absolute atomic E-state index is 0.0233. The van der Waals surface area contributed by atoms with E-state index >= 15 is 0 Å².